The van der Waals surface area contributed by atoms with Crippen LogP contribution in [0.3, 0.4) is 0 Å². The van der Waals surface area contributed by atoms with E-state index in [1.54, 1.807) is 0 Å². The number of carbonyl (C=O) groups excluding carboxylic acids is 1. The summed E-state index contributed by atoms with van der Waals surface area (Å²) >= 11 is 0. The fourth-order valence-electron chi connectivity index (χ4n) is 1.56. The maximum atomic E-state index is 12.7. The predicted octanol–water partition coefficient (Wildman–Crippen LogP) is 1.24. The van der Waals surface area contributed by atoms with E-state index in [1.165, 1.54) is 24.3 Å². The molecule has 1 amide bonds. The maximum absolute atomic E-state index is 12.7. The van der Waals surface area contributed by atoms with Crippen LogP contribution in [-0.2, 0) is 4.79 Å². The Labute approximate surface area is 112 Å². The predicted molar refractivity (Wildman–Crippen MR) is 74.7 cm³/mol. The summed E-state index contributed by atoms with van der Waals surface area (Å²) in [5, 5.41) is 2.65. The zero-order valence-electron chi connectivity index (χ0n) is 11.6. The van der Waals surface area contributed by atoms with Crippen molar-refractivity contribution >= 4 is 17.6 Å². The summed E-state index contributed by atoms with van der Waals surface area (Å²) in [5.74, 6) is 0.126. The number of hydrogen-bond donors (Lipinski definition) is 1. The Kier molecular flexibility index (Phi) is 5.29. The van der Waals surface area contributed by atoms with Gasteiger partial charge in [0.1, 0.15) is 12.4 Å². The van der Waals surface area contributed by atoms with E-state index >= 15 is 0 Å². The molecule has 104 valence electrons. The van der Waals surface area contributed by atoms with Crippen LogP contribution in [0.15, 0.2) is 29.3 Å². The Morgan fingerprint density at radius 2 is 1.68 bits per heavy atom. The number of halogens is 1. The molecule has 0 fully saturated rings. The first-order valence-electron chi connectivity index (χ1n) is 5.84. The van der Waals surface area contributed by atoms with Gasteiger partial charge in [-0.05, 0) is 24.3 Å². The smallest absolute Gasteiger partial charge is 0.246 e. The van der Waals surface area contributed by atoms with Gasteiger partial charge in [0.2, 0.25) is 5.91 Å². The molecule has 5 nitrogen and oxygen atoms in total. The van der Waals surface area contributed by atoms with E-state index in [9.17, 15) is 9.18 Å². The van der Waals surface area contributed by atoms with Crippen LogP contribution in [0.1, 0.15) is 0 Å². The molecule has 0 unspecified atom stereocenters. The average molecular weight is 266 g/mol. The lowest BCUT2D eigenvalue weighted by molar-refractivity contribution is -0.114. The number of aliphatic imine (C=N–C) groups is 1. The zero-order valence-corrected chi connectivity index (χ0v) is 11.6. The van der Waals surface area contributed by atoms with Crippen LogP contribution in [0.2, 0.25) is 0 Å². The van der Waals surface area contributed by atoms with E-state index < -0.39 is 0 Å². The Bertz CT molecular complexity index is 444. The minimum absolute atomic E-state index is 0.0169. The van der Waals surface area contributed by atoms with Gasteiger partial charge in [-0.1, -0.05) is 0 Å². The molecule has 1 aromatic rings. The number of nitrogens with one attached hydrogen (secondary N) is 1. The van der Waals surface area contributed by atoms with Crippen molar-refractivity contribution in [3.63, 3.8) is 0 Å². The number of amides is 1. The summed E-state index contributed by atoms with van der Waals surface area (Å²) in [5.41, 5.74) is 0.554. The molecule has 0 spiro atoms. The van der Waals surface area contributed by atoms with Crippen molar-refractivity contribution in [2.45, 2.75) is 0 Å². The largest absolute Gasteiger partial charge is 0.349 e. The molecule has 0 aliphatic rings. The molecule has 0 aliphatic carbocycles. The molecule has 0 bridgehead atoms. The summed E-state index contributed by atoms with van der Waals surface area (Å²) in [6.45, 7) is 0.0169. The van der Waals surface area contributed by atoms with Crippen molar-refractivity contribution in [1.29, 1.82) is 0 Å². The number of rotatable bonds is 3. The Hall–Kier alpha value is -2.11. The second kappa shape index (κ2) is 6.72. The third kappa shape index (κ3) is 4.95. The molecular formula is C13H19FN4O. The first-order valence-corrected chi connectivity index (χ1v) is 5.84. The van der Waals surface area contributed by atoms with E-state index in [-0.39, 0.29) is 18.3 Å². The van der Waals surface area contributed by atoms with Crippen molar-refractivity contribution in [3.8, 4) is 0 Å². The van der Waals surface area contributed by atoms with Gasteiger partial charge in [0.15, 0.2) is 5.96 Å². The van der Waals surface area contributed by atoms with E-state index in [1.807, 2.05) is 38.0 Å². The topological polar surface area (TPSA) is 47.9 Å². The first kappa shape index (κ1) is 14.9. The molecule has 19 heavy (non-hydrogen) atoms. The van der Waals surface area contributed by atoms with E-state index in [2.05, 4.69) is 10.3 Å². The molecule has 0 radical (unpaired) electrons. The van der Waals surface area contributed by atoms with Gasteiger partial charge in [-0.3, -0.25) is 4.79 Å². The Morgan fingerprint density at radius 3 is 2.16 bits per heavy atom. The van der Waals surface area contributed by atoms with Crippen LogP contribution in [0.4, 0.5) is 10.1 Å². The van der Waals surface area contributed by atoms with E-state index in [0.29, 0.717) is 11.6 Å². The highest BCUT2D eigenvalue weighted by atomic mass is 19.1. The highest BCUT2D eigenvalue weighted by Gasteiger charge is 2.06. The maximum Gasteiger partial charge on any atom is 0.246 e. The molecule has 1 aromatic carbocycles. The lowest BCUT2D eigenvalue weighted by Crippen LogP contribution is -2.36. The third-order valence-electron chi connectivity index (χ3n) is 2.29. The number of carbonyl (C=O) groups is 1. The first-order chi connectivity index (χ1) is 8.90. The second-order valence-electron chi connectivity index (χ2n) is 4.46. The van der Waals surface area contributed by atoms with Gasteiger partial charge in [0.25, 0.3) is 0 Å². The van der Waals surface area contributed by atoms with Crippen molar-refractivity contribution in [2.24, 2.45) is 4.99 Å². The zero-order chi connectivity index (χ0) is 14.4. The van der Waals surface area contributed by atoms with Crippen molar-refractivity contribution in [2.75, 3.05) is 40.1 Å². The van der Waals surface area contributed by atoms with Gasteiger partial charge in [-0.15, -0.1) is 0 Å². The van der Waals surface area contributed by atoms with Gasteiger partial charge in [-0.2, -0.15) is 0 Å². The number of guanidine groups is 1. The molecule has 1 rings (SSSR count). The Morgan fingerprint density at radius 1 is 1.16 bits per heavy atom. The van der Waals surface area contributed by atoms with Crippen LogP contribution >= 0.6 is 0 Å². The molecule has 0 aromatic heterocycles. The summed E-state index contributed by atoms with van der Waals surface area (Å²) < 4.78 is 12.7. The lowest BCUT2D eigenvalue weighted by atomic mass is 10.3. The van der Waals surface area contributed by atoms with Gasteiger partial charge < -0.3 is 15.1 Å². The third-order valence-corrected chi connectivity index (χ3v) is 2.29. The van der Waals surface area contributed by atoms with Crippen LogP contribution < -0.4 is 5.32 Å². The number of nitrogens with zero attached hydrogens (tertiary/aromatic N) is 3. The minimum atomic E-state index is -0.335. The average Bonchev–Trinajstić information content (AvgIpc) is 2.31. The second-order valence-corrected chi connectivity index (χ2v) is 4.46. The molecule has 1 N–H and O–H groups in total. The Balaban J connectivity index is 2.60. The van der Waals surface area contributed by atoms with Crippen molar-refractivity contribution < 1.29 is 9.18 Å². The minimum Gasteiger partial charge on any atom is -0.349 e. The number of anilines is 1. The summed E-state index contributed by atoms with van der Waals surface area (Å²) in [4.78, 5) is 19.6. The summed E-state index contributed by atoms with van der Waals surface area (Å²) in [7, 11) is 7.43. The fraction of sp³-hybridized carbons (Fsp3) is 0.385. The van der Waals surface area contributed by atoms with Gasteiger partial charge in [0, 0.05) is 33.9 Å². The lowest BCUT2D eigenvalue weighted by Gasteiger charge is -2.22. The number of benzene rings is 1. The van der Waals surface area contributed by atoms with Crippen LogP contribution in [0.25, 0.3) is 0 Å². The van der Waals surface area contributed by atoms with Gasteiger partial charge in [-0.25, -0.2) is 9.38 Å². The van der Waals surface area contributed by atoms with E-state index in [4.69, 9.17) is 0 Å². The molecule has 0 atom stereocenters. The molecule has 0 saturated carbocycles. The number of hydrogen-bond acceptors (Lipinski definition) is 2. The quantitative estimate of drug-likeness (QED) is 0.661. The van der Waals surface area contributed by atoms with Gasteiger partial charge >= 0.3 is 0 Å². The summed E-state index contributed by atoms with van der Waals surface area (Å²) in [6, 6.07) is 5.61. The van der Waals surface area contributed by atoms with Crippen LogP contribution in [-0.4, -0.2) is 56.4 Å². The summed E-state index contributed by atoms with van der Waals surface area (Å²) in [6.07, 6.45) is 0. The van der Waals surface area contributed by atoms with Crippen molar-refractivity contribution in [1.82, 2.24) is 9.80 Å². The molecule has 0 saturated heterocycles. The molecule has 6 heteroatoms. The van der Waals surface area contributed by atoms with Crippen LogP contribution in [0, 0.1) is 5.82 Å². The van der Waals surface area contributed by atoms with Crippen LogP contribution in [0.5, 0.6) is 0 Å². The van der Waals surface area contributed by atoms with Gasteiger partial charge in [0.05, 0.1) is 0 Å². The molecule has 0 aliphatic heterocycles. The highest BCUT2D eigenvalue weighted by Crippen LogP contribution is 2.07. The fourth-order valence-corrected chi connectivity index (χ4v) is 1.56. The molecule has 0 heterocycles. The monoisotopic (exact) mass is 266 g/mol. The normalized spacial score (nSPS) is 9.74. The van der Waals surface area contributed by atoms with E-state index in [0.717, 1.165) is 0 Å². The standard InChI is InChI=1S/C13H19FN4O/c1-17(2)13(18(3)4)15-9-12(19)16-11-7-5-10(14)6-8-11/h5-8H,9H2,1-4H3,(H,16,19). The molecular weight excluding hydrogens is 247 g/mol. The van der Waals surface area contributed by atoms with Crippen molar-refractivity contribution in [3.05, 3.63) is 30.1 Å². The highest BCUT2D eigenvalue weighted by molar-refractivity contribution is 5.93. The SMILES string of the molecule is CN(C)C(=NCC(=O)Nc1ccc(F)cc1)N(C)C.